The van der Waals surface area contributed by atoms with Crippen molar-refractivity contribution in [2.75, 3.05) is 33.9 Å². The highest BCUT2D eigenvalue weighted by molar-refractivity contribution is 5.98. The molecule has 8 heteroatoms. The van der Waals surface area contributed by atoms with E-state index in [9.17, 15) is 9.59 Å². The number of benzene rings is 1. The van der Waals surface area contributed by atoms with Crippen LogP contribution in [0.4, 0.5) is 0 Å². The Balaban J connectivity index is 1.69. The predicted molar refractivity (Wildman–Crippen MR) is 106 cm³/mol. The van der Waals surface area contributed by atoms with Gasteiger partial charge in [-0.15, -0.1) is 0 Å². The third kappa shape index (κ3) is 4.76. The normalized spacial score (nSPS) is 17.0. The Morgan fingerprint density at radius 2 is 2.03 bits per heavy atom. The van der Waals surface area contributed by atoms with Crippen LogP contribution in [0.5, 0.6) is 11.5 Å². The van der Waals surface area contributed by atoms with Crippen LogP contribution in [0.15, 0.2) is 24.4 Å². The summed E-state index contributed by atoms with van der Waals surface area (Å²) in [5.41, 5.74) is 1.77. The minimum absolute atomic E-state index is 0.0912. The number of hydrogen-bond donors (Lipinski definition) is 1. The number of likely N-dealkylation sites (tertiary alicyclic amines) is 1. The number of rotatable bonds is 8. The van der Waals surface area contributed by atoms with Crippen molar-refractivity contribution in [1.82, 2.24) is 15.1 Å². The topological polar surface area (TPSA) is 93.8 Å². The summed E-state index contributed by atoms with van der Waals surface area (Å²) in [6.45, 7) is 4.11. The Morgan fingerprint density at radius 1 is 1.24 bits per heavy atom. The number of aromatic amines is 1. The van der Waals surface area contributed by atoms with Gasteiger partial charge in [0.25, 0.3) is 0 Å². The lowest BCUT2D eigenvalue weighted by Gasteiger charge is -2.32. The van der Waals surface area contributed by atoms with E-state index in [4.69, 9.17) is 14.2 Å². The van der Waals surface area contributed by atoms with Crippen molar-refractivity contribution in [3.8, 4) is 11.5 Å². The molecule has 1 aliphatic heterocycles. The SMILES string of the molecule is CCOC(=O)c1[nH]ncc1CN1CCC[C@@H](C(=O)c2ccc(OC)c(OC)c2)C1. The molecule has 1 fully saturated rings. The molecule has 2 heterocycles. The zero-order valence-electron chi connectivity index (χ0n) is 17.1. The van der Waals surface area contributed by atoms with E-state index in [0.717, 1.165) is 24.9 Å². The number of methoxy groups -OCH3 is 2. The Hall–Kier alpha value is -2.87. The van der Waals surface area contributed by atoms with Crippen LogP contribution in [0.1, 0.15) is 46.2 Å². The molecular weight excluding hydrogens is 374 g/mol. The van der Waals surface area contributed by atoms with Crippen molar-refractivity contribution in [2.24, 2.45) is 5.92 Å². The largest absolute Gasteiger partial charge is 0.493 e. The fourth-order valence-electron chi connectivity index (χ4n) is 3.69. The number of carbonyl (C=O) groups excluding carboxylic acids is 2. The molecule has 1 aromatic heterocycles. The van der Waals surface area contributed by atoms with E-state index < -0.39 is 5.97 Å². The van der Waals surface area contributed by atoms with Gasteiger partial charge in [-0.25, -0.2) is 4.79 Å². The van der Waals surface area contributed by atoms with Crippen LogP contribution < -0.4 is 9.47 Å². The highest BCUT2D eigenvalue weighted by Gasteiger charge is 2.28. The molecule has 2 aromatic rings. The fraction of sp³-hybridized carbons (Fsp3) is 0.476. The first-order valence-corrected chi connectivity index (χ1v) is 9.75. The van der Waals surface area contributed by atoms with Gasteiger partial charge in [0.2, 0.25) is 0 Å². The van der Waals surface area contributed by atoms with E-state index >= 15 is 0 Å². The highest BCUT2D eigenvalue weighted by Crippen LogP contribution is 2.30. The molecule has 1 atom stereocenters. The number of Topliss-reactive ketones (excluding diaryl/α,β-unsaturated/α-hetero) is 1. The molecular formula is C21H27N3O5. The van der Waals surface area contributed by atoms with Gasteiger partial charge in [-0.3, -0.25) is 14.8 Å². The van der Waals surface area contributed by atoms with Crippen molar-refractivity contribution in [3.05, 3.63) is 41.2 Å². The number of hydrogen-bond acceptors (Lipinski definition) is 7. The van der Waals surface area contributed by atoms with Crippen LogP contribution >= 0.6 is 0 Å². The van der Waals surface area contributed by atoms with E-state index in [-0.39, 0.29) is 11.7 Å². The van der Waals surface area contributed by atoms with Gasteiger partial charge < -0.3 is 14.2 Å². The van der Waals surface area contributed by atoms with Crippen LogP contribution in [0.3, 0.4) is 0 Å². The Kier molecular flexibility index (Phi) is 6.87. The quantitative estimate of drug-likeness (QED) is 0.537. The number of ketones is 1. The van der Waals surface area contributed by atoms with Gasteiger partial charge in [0.05, 0.1) is 27.0 Å². The summed E-state index contributed by atoms with van der Waals surface area (Å²) in [7, 11) is 3.12. The molecule has 1 N–H and O–H groups in total. The summed E-state index contributed by atoms with van der Waals surface area (Å²) in [4.78, 5) is 27.3. The number of ether oxygens (including phenoxy) is 3. The number of carbonyl (C=O) groups is 2. The molecule has 0 aliphatic carbocycles. The number of esters is 1. The van der Waals surface area contributed by atoms with E-state index in [1.807, 2.05) is 0 Å². The summed E-state index contributed by atoms with van der Waals surface area (Å²) >= 11 is 0. The molecule has 0 spiro atoms. The zero-order chi connectivity index (χ0) is 20.8. The second-order valence-electron chi connectivity index (χ2n) is 7.00. The van der Waals surface area contributed by atoms with Crippen molar-refractivity contribution >= 4 is 11.8 Å². The average molecular weight is 401 g/mol. The van der Waals surface area contributed by atoms with Gasteiger partial charge in [-0.1, -0.05) is 0 Å². The number of piperidine rings is 1. The molecule has 1 aliphatic rings. The van der Waals surface area contributed by atoms with Crippen LogP contribution in [0.25, 0.3) is 0 Å². The zero-order valence-corrected chi connectivity index (χ0v) is 17.1. The average Bonchev–Trinajstić information content (AvgIpc) is 3.21. The first-order chi connectivity index (χ1) is 14.1. The maximum Gasteiger partial charge on any atom is 0.356 e. The summed E-state index contributed by atoms with van der Waals surface area (Å²) < 4.78 is 15.6. The minimum Gasteiger partial charge on any atom is -0.493 e. The van der Waals surface area contributed by atoms with Crippen molar-refractivity contribution in [2.45, 2.75) is 26.3 Å². The molecule has 1 aromatic carbocycles. The molecule has 0 bridgehead atoms. The first kappa shape index (κ1) is 20.9. The van der Waals surface area contributed by atoms with Crippen LogP contribution in [0, 0.1) is 5.92 Å². The molecule has 3 rings (SSSR count). The van der Waals surface area contributed by atoms with Gasteiger partial charge in [0, 0.05) is 30.1 Å². The third-order valence-electron chi connectivity index (χ3n) is 5.14. The van der Waals surface area contributed by atoms with Crippen molar-refractivity contribution < 1.29 is 23.8 Å². The molecule has 0 unspecified atom stereocenters. The Labute approximate surface area is 170 Å². The minimum atomic E-state index is -0.407. The second-order valence-corrected chi connectivity index (χ2v) is 7.00. The first-order valence-electron chi connectivity index (χ1n) is 9.75. The van der Waals surface area contributed by atoms with Gasteiger partial charge in [0.15, 0.2) is 17.3 Å². The maximum atomic E-state index is 13.1. The van der Waals surface area contributed by atoms with Crippen LogP contribution in [0.2, 0.25) is 0 Å². The third-order valence-corrected chi connectivity index (χ3v) is 5.14. The molecule has 156 valence electrons. The van der Waals surface area contributed by atoms with Gasteiger partial charge in [-0.05, 0) is 44.5 Å². The number of nitrogens with zero attached hydrogens (tertiary/aromatic N) is 2. The van der Waals surface area contributed by atoms with Gasteiger partial charge in [0.1, 0.15) is 5.69 Å². The van der Waals surface area contributed by atoms with Gasteiger partial charge in [-0.2, -0.15) is 5.10 Å². The standard InChI is InChI=1S/C21H27N3O5/c1-4-29-21(26)19-16(11-22-23-19)13-24-9-5-6-15(12-24)20(25)14-7-8-17(27-2)18(10-14)28-3/h7-8,10-11,15H,4-6,9,12-13H2,1-3H3,(H,22,23)/t15-/m1/s1. The van der Waals surface area contributed by atoms with E-state index in [1.165, 1.54) is 0 Å². The molecule has 0 saturated carbocycles. The van der Waals surface area contributed by atoms with Crippen LogP contribution in [-0.4, -0.2) is 60.8 Å². The number of aromatic nitrogens is 2. The number of H-pyrrole nitrogens is 1. The predicted octanol–water partition coefficient (Wildman–Crippen LogP) is 2.70. The fourth-order valence-corrected chi connectivity index (χ4v) is 3.69. The van der Waals surface area contributed by atoms with Crippen molar-refractivity contribution in [3.63, 3.8) is 0 Å². The van der Waals surface area contributed by atoms with E-state index in [0.29, 0.717) is 42.5 Å². The molecule has 1 saturated heterocycles. The maximum absolute atomic E-state index is 13.1. The monoisotopic (exact) mass is 401 g/mol. The molecule has 8 nitrogen and oxygen atoms in total. The molecule has 29 heavy (non-hydrogen) atoms. The second kappa shape index (κ2) is 9.56. The van der Waals surface area contributed by atoms with Gasteiger partial charge >= 0.3 is 5.97 Å². The number of nitrogens with one attached hydrogen (secondary N) is 1. The lowest BCUT2D eigenvalue weighted by molar-refractivity contribution is 0.0515. The smallest absolute Gasteiger partial charge is 0.356 e. The Bertz CT molecular complexity index is 864. The summed E-state index contributed by atoms with van der Waals surface area (Å²) in [5, 5.41) is 6.70. The summed E-state index contributed by atoms with van der Waals surface area (Å²) in [5.74, 6) is 0.715. The van der Waals surface area contributed by atoms with E-state index in [2.05, 4.69) is 15.1 Å². The highest BCUT2D eigenvalue weighted by atomic mass is 16.5. The van der Waals surface area contributed by atoms with Crippen LogP contribution in [-0.2, 0) is 11.3 Å². The lowest BCUT2D eigenvalue weighted by atomic mass is 9.89. The Morgan fingerprint density at radius 3 is 2.76 bits per heavy atom. The van der Waals surface area contributed by atoms with E-state index in [1.54, 1.807) is 45.5 Å². The molecule has 0 amide bonds. The lowest BCUT2D eigenvalue weighted by Crippen LogP contribution is -2.38. The summed E-state index contributed by atoms with van der Waals surface area (Å²) in [6.07, 6.45) is 3.39. The summed E-state index contributed by atoms with van der Waals surface area (Å²) in [6, 6.07) is 5.26. The van der Waals surface area contributed by atoms with Crippen molar-refractivity contribution in [1.29, 1.82) is 0 Å². The molecule has 0 radical (unpaired) electrons.